The Kier molecular flexibility index (Phi) is 8.51. The normalized spacial score (nSPS) is 10.5. The lowest BCUT2D eigenvalue weighted by Crippen LogP contribution is -2.39. The molecule has 0 saturated heterocycles. The number of unbranched alkanes of at least 4 members (excludes halogenated alkanes) is 3. The van der Waals surface area contributed by atoms with Gasteiger partial charge in [-0.05, 0) is 25.5 Å². The molecule has 158 valence electrons. The zero-order valence-corrected chi connectivity index (χ0v) is 17.5. The summed E-state index contributed by atoms with van der Waals surface area (Å²) in [6, 6.07) is 6.62. The Labute approximate surface area is 171 Å². The van der Waals surface area contributed by atoms with Crippen LogP contribution >= 0.6 is 0 Å². The maximum atomic E-state index is 13.2. The molecule has 8 heteroatoms. The van der Waals surface area contributed by atoms with Gasteiger partial charge in [0.1, 0.15) is 23.8 Å². The first kappa shape index (κ1) is 22.3. The van der Waals surface area contributed by atoms with E-state index in [1.807, 2.05) is 0 Å². The van der Waals surface area contributed by atoms with E-state index < -0.39 is 0 Å². The van der Waals surface area contributed by atoms with Gasteiger partial charge in [-0.25, -0.2) is 0 Å². The highest BCUT2D eigenvalue weighted by atomic mass is 16.5. The van der Waals surface area contributed by atoms with Crippen molar-refractivity contribution in [2.75, 3.05) is 32.6 Å². The summed E-state index contributed by atoms with van der Waals surface area (Å²) < 4.78 is 15.5. The fourth-order valence-corrected chi connectivity index (χ4v) is 2.91. The fourth-order valence-electron chi connectivity index (χ4n) is 2.91. The van der Waals surface area contributed by atoms with Gasteiger partial charge in [-0.2, -0.15) is 0 Å². The molecule has 0 aliphatic rings. The van der Waals surface area contributed by atoms with Crippen LogP contribution in [0.2, 0.25) is 0 Å². The number of hydrogen-bond acceptors (Lipinski definition) is 6. The van der Waals surface area contributed by atoms with Crippen LogP contribution in [0, 0.1) is 6.92 Å². The van der Waals surface area contributed by atoms with Gasteiger partial charge >= 0.3 is 0 Å². The molecule has 0 bridgehead atoms. The third kappa shape index (κ3) is 6.51. The van der Waals surface area contributed by atoms with Crippen LogP contribution < -0.4 is 14.8 Å². The number of anilines is 1. The zero-order valence-electron chi connectivity index (χ0n) is 17.5. The maximum absolute atomic E-state index is 13.2. The number of carbonyl (C=O) groups excluding carboxylic acids is 2. The summed E-state index contributed by atoms with van der Waals surface area (Å²) in [5.74, 6) is 1.30. The quantitative estimate of drug-likeness (QED) is 0.576. The van der Waals surface area contributed by atoms with Crippen LogP contribution in [0.25, 0.3) is 0 Å². The number of amides is 2. The molecular weight excluding hydrogens is 374 g/mol. The highest BCUT2D eigenvalue weighted by molar-refractivity contribution is 6.00. The van der Waals surface area contributed by atoms with Gasteiger partial charge in [0.2, 0.25) is 5.91 Å². The number of benzene rings is 1. The number of methoxy groups -OCH3 is 2. The smallest absolute Gasteiger partial charge is 0.258 e. The van der Waals surface area contributed by atoms with Crippen molar-refractivity contribution in [3.63, 3.8) is 0 Å². The van der Waals surface area contributed by atoms with Crippen molar-refractivity contribution >= 4 is 17.6 Å². The van der Waals surface area contributed by atoms with E-state index in [9.17, 15) is 9.59 Å². The fraction of sp³-hybridized carbons (Fsp3) is 0.476. The molecule has 0 spiro atoms. The number of rotatable bonds is 11. The third-order valence-corrected chi connectivity index (χ3v) is 4.44. The number of nitrogens with one attached hydrogen (secondary N) is 1. The van der Waals surface area contributed by atoms with Crippen molar-refractivity contribution in [3.05, 3.63) is 35.6 Å². The summed E-state index contributed by atoms with van der Waals surface area (Å²) in [6.45, 7) is 4.24. The molecule has 1 heterocycles. The van der Waals surface area contributed by atoms with Gasteiger partial charge < -0.3 is 24.2 Å². The Balaban J connectivity index is 2.15. The number of aryl methyl sites for hydroxylation is 1. The monoisotopic (exact) mass is 403 g/mol. The molecule has 0 atom stereocenters. The van der Waals surface area contributed by atoms with Crippen molar-refractivity contribution in [2.24, 2.45) is 0 Å². The van der Waals surface area contributed by atoms with Gasteiger partial charge in [0.25, 0.3) is 5.91 Å². The summed E-state index contributed by atoms with van der Waals surface area (Å²) in [5.41, 5.74) is 0.383. The van der Waals surface area contributed by atoms with Crippen molar-refractivity contribution < 1.29 is 23.6 Å². The molecule has 2 rings (SSSR count). The SMILES string of the molecule is CCCCCCN(CC(=O)Nc1cc(C)on1)C(=O)c1ccc(OC)cc1OC. The summed E-state index contributed by atoms with van der Waals surface area (Å²) in [5, 5.41) is 6.41. The number of carbonyl (C=O) groups is 2. The lowest BCUT2D eigenvalue weighted by molar-refractivity contribution is -0.117. The van der Waals surface area contributed by atoms with Gasteiger partial charge in [-0.1, -0.05) is 31.3 Å². The average Bonchev–Trinajstić information content (AvgIpc) is 3.13. The summed E-state index contributed by atoms with van der Waals surface area (Å²) in [7, 11) is 3.04. The number of ether oxygens (including phenoxy) is 2. The number of nitrogens with zero attached hydrogens (tertiary/aromatic N) is 2. The first-order chi connectivity index (χ1) is 14.0. The van der Waals surface area contributed by atoms with Gasteiger partial charge in [0.05, 0.1) is 19.8 Å². The van der Waals surface area contributed by atoms with E-state index >= 15 is 0 Å². The van der Waals surface area contributed by atoms with Gasteiger partial charge in [0, 0.05) is 18.7 Å². The van der Waals surface area contributed by atoms with E-state index in [1.54, 1.807) is 38.3 Å². The van der Waals surface area contributed by atoms with Gasteiger partial charge in [-0.15, -0.1) is 0 Å². The molecule has 2 amide bonds. The number of aromatic nitrogens is 1. The maximum Gasteiger partial charge on any atom is 0.258 e. The molecule has 29 heavy (non-hydrogen) atoms. The second kappa shape index (κ2) is 11.1. The van der Waals surface area contributed by atoms with E-state index in [1.165, 1.54) is 12.0 Å². The second-order valence-corrected chi connectivity index (χ2v) is 6.72. The number of hydrogen-bond donors (Lipinski definition) is 1. The molecule has 0 aliphatic heterocycles. The van der Waals surface area contributed by atoms with E-state index in [2.05, 4.69) is 17.4 Å². The Morgan fingerprint density at radius 3 is 2.55 bits per heavy atom. The van der Waals surface area contributed by atoms with Crippen LogP contribution in [0.5, 0.6) is 11.5 Å². The van der Waals surface area contributed by atoms with Crippen LogP contribution in [0.1, 0.15) is 48.7 Å². The Hall–Kier alpha value is -3.03. The van der Waals surface area contributed by atoms with Crippen molar-refractivity contribution in [3.8, 4) is 11.5 Å². The van der Waals surface area contributed by atoms with Crippen molar-refractivity contribution in [2.45, 2.75) is 39.5 Å². The first-order valence-electron chi connectivity index (χ1n) is 9.73. The van der Waals surface area contributed by atoms with E-state index in [0.29, 0.717) is 35.2 Å². The molecule has 1 aromatic carbocycles. The summed E-state index contributed by atoms with van der Waals surface area (Å²) in [4.78, 5) is 27.2. The van der Waals surface area contributed by atoms with Crippen LogP contribution in [0.4, 0.5) is 5.82 Å². The van der Waals surface area contributed by atoms with Crippen LogP contribution in [0.3, 0.4) is 0 Å². The highest BCUT2D eigenvalue weighted by Crippen LogP contribution is 2.26. The van der Waals surface area contributed by atoms with Crippen molar-refractivity contribution in [1.29, 1.82) is 0 Å². The Morgan fingerprint density at radius 1 is 1.14 bits per heavy atom. The minimum atomic E-state index is -0.338. The molecule has 0 saturated carbocycles. The summed E-state index contributed by atoms with van der Waals surface area (Å²) in [6.07, 6.45) is 3.98. The topological polar surface area (TPSA) is 93.9 Å². The zero-order chi connectivity index (χ0) is 21.2. The molecule has 0 unspecified atom stereocenters. The lowest BCUT2D eigenvalue weighted by Gasteiger charge is -2.23. The van der Waals surface area contributed by atoms with Gasteiger partial charge in [-0.3, -0.25) is 9.59 Å². The molecule has 0 radical (unpaired) electrons. The highest BCUT2D eigenvalue weighted by Gasteiger charge is 2.22. The summed E-state index contributed by atoms with van der Waals surface area (Å²) >= 11 is 0. The largest absolute Gasteiger partial charge is 0.497 e. The van der Waals surface area contributed by atoms with Crippen molar-refractivity contribution in [1.82, 2.24) is 10.1 Å². The van der Waals surface area contributed by atoms with Crippen LogP contribution in [-0.4, -0.2) is 49.2 Å². The van der Waals surface area contributed by atoms with Crippen LogP contribution in [-0.2, 0) is 4.79 Å². The van der Waals surface area contributed by atoms with Gasteiger partial charge in [0.15, 0.2) is 5.82 Å². The van der Waals surface area contributed by atoms with E-state index in [4.69, 9.17) is 14.0 Å². The average molecular weight is 403 g/mol. The molecule has 1 N–H and O–H groups in total. The first-order valence-corrected chi connectivity index (χ1v) is 9.73. The molecule has 2 aromatic rings. The predicted octanol–water partition coefficient (Wildman–Crippen LogP) is 3.66. The minimum Gasteiger partial charge on any atom is -0.497 e. The minimum absolute atomic E-state index is 0.0912. The third-order valence-electron chi connectivity index (χ3n) is 4.44. The molecular formula is C21H29N3O5. The molecule has 0 fully saturated rings. The molecule has 1 aromatic heterocycles. The molecule has 8 nitrogen and oxygen atoms in total. The Bertz CT molecular complexity index is 818. The second-order valence-electron chi connectivity index (χ2n) is 6.72. The lowest BCUT2D eigenvalue weighted by atomic mass is 10.1. The van der Waals surface area contributed by atoms with E-state index in [0.717, 1.165) is 25.7 Å². The molecule has 0 aliphatic carbocycles. The predicted molar refractivity (Wildman–Crippen MR) is 109 cm³/mol. The standard InChI is InChI=1S/C21H29N3O5/c1-5-6-7-8-11-24(14-20(25)22-19-12-15(2)29-23-19)21(26)17-10-9-16(27-3)13-18(17)28-4/h9-10,12-13H,5-8,11,14H2,1-4H3,(H,22,23,25). The van der Waals surface area contributed by atoms with Crippen LogP contribution in [0.15, 0.2) is 28.8 Å². The Morgan fingerprint density at radius 2 is 1.93 bits per heavy atom. The van der Waals surface area contributed by atoms with E-state index in [-0.39, 0.29) is 18.4 Å².